The van der Waals surface area contributed by atoms with Crippen molar-refractivity contribution in [3.63, 3.8) is 0 Å². The van der Waals surface area contributed by atoms with Gasteiger partial charge in [0.2, 0.25) is 0 Å². The first-order chi connectivity index (χ1) is 7.91. The summed E-state index contributed by atoms with van der Waals surface area (Å²) in [6.45, 7) is 6.52. The van der Waals surface area contributed by atoms with E-state index in [4.69, 9.17) is 11.5 Å². The number of carbonyl (C=O) groups is 1. The number of nitrogens with two attached hydrogens (primary N) is 2. The molecule has 1 aromatic rings. The zero-order valence-corrected chi connectivity index (χ0v) is 10.5. The fraction of sp³-hybridized carbons (Fsp3) is 0.500. The number of hydrogen-bond donors (Lipinski definition) is 3. The highest BCUT2D eigenvalue weighted by Gasteiger charge is 2.12. The Bertz CT molecular complexity index is 403. The Balaban J connectivity index is 2.82. The van der Waals surface area contributed by atoms with Crippen molar-refractivity contribution in [3.05, 3.63) is 23.4 Å². The molecule has 5 N–H and O–H groups in total. The Morgan fingerprint density at radius 3 is 2.65 bits per heavy atom. The summed E-state index contributed by atoms with van der Waals surface area (Å²) in [6.07, 6.45) is 0. The summed E-state index contributed by atoms with van der Waals surface area (Å²) in [5.41, 5.74) is 12.4. The van der Waals surface area contributed by atoms with Crippen LogP contribution in [0.5, 0.6) is 0 Å². The van der Waals surface area contributed by atoms with Crippen LogP contribution in [-0.2, 0) is 0 Å². The van der Waals surface area contributed by atoms with Gasteiger partial charge in [0.25, 0.3) is 5.91 Å². The van der Waals surface area contributed by atoms with Gasteiger partial charge in [0.05, 0.1) is 5.56 Å². The minimum absolute atomic E-state index is 0.0121. The largest absolute Gasteiger partial charge is 0.368 e. The fourth-order valence-electron chi connectivity index (χ4n) is 1.34. The van der Waals surface area contributed by atoms with Gasteiger partial charge in [-0.3, -0.25) is 4.79 Å². The van der Waals surface area contributed by atoms with Crippen LogP contribution in [0.15, 0.2) is 12.1 Å². The first-order valence-electron chi connectivity index (χ1n) is 5.68. The van der Waals surface area contributed by atoms with Crippen molar-refractivity contribution in [2.24, 2.45) is 17.4 Å². The zero-order chi connectivity index (χ0) is 13.0. The first-order valence-corrected chi connectivity index (χ1v) is 5.68. The number of nitrogens with zero attached hydrogens (tertiary/aromatic N) is 1. The van der Waals surface area contributed by atoms with Crippen LogP contribution in [0.3, 0.4) is 0 Å². The molecule has 0 aliphatic heterocycles. The van der Waals surface area contributed by atoms with E-state index in [-0.39, 0.29) is 6.04 Å². The van der Waals surface area contributed by atoms with E-state index in [0.29, 0.717) is 23.8 Å². The number of primary amides is 1. The third-order valence-corrected chi connectivity index (χ3v) is 2.66. The van der Waals surface area contributed by atoms with Crippen LogP contribution >= 0.6 is 0 Å². The third kappa shape index (κ3) is 3.71. The second-order valence-electron chi connectivity index (χ2n) is 4.50. The van der Waals surface area contributed by atoms with Gasteiger partial charge >= 0.3 is 0 Å². The number of carbonyl (C=O) groups excluding carboxylic acids is 1. The van der Waals surface area contributed by atoms with Crippen molar-refractivity contribution in [2.45, 2.75) is 26.8 Å². The second-order valence-corrected chi connectivity index (χ2v) is 4.50. The highest BCUT2D eigenvalue weighted by molar-refractivity contribution is 5.97. The molecule has 1 unspecified atom stereocenters. The van der Waals surface area contributed by atoms with E-state index in [0.717, 1.165) is 5.69 Å². The quantitative estimate of drug-likeness (QED) is 0.707. The Morgan fingerprint density at radius 2 is 2.12 bits per heavy atom. The summed E-state index contributed by atoms with van der Waals surface area (Å²) in [4.78, 5) is 15.5. The molecule has 17 heavy (non-hydrogen) atoms. The van der Waals surface area contributed by atoms with Gasteiger partial charge in [0, 0.05) is 18.3 Å². The second kappa shape index (κ2) is 5.63. The summed E-state index contributed by atoms with van der Waals surface area (Å²) in [7, 11) is 0. The molecule has 0 fully saturated rings. The fourth-order valence-corrected chi connectivity index (χ4v) is 1.34. The van der Waals surface area contributed by atoms with E-state index in [2.05, 4.69) is 10.3 Å². The highest BCUT2D eigenvalue weighted by atomic mass is 16.1. The maximum Gasteiger partial charge on any atom is 0.252 e. The molecule has 0 bridgehead atoms. The number of aryl methyl sites for hydroxylation is 1. The minimum atomic E-state index is -0.488. The van der Waals surface area contributed by atoms with E-state index < -0.39 is 5.91 Å². The van der Waals surface area contributed by atoms with E-state index in [1.165, 1.54) is 0 Å². The molecule has 0 aromatic carbocycles. The minimum Gasteiger partial charge on any atom is -0.368 e. The lowest BCUT2D eigenvalue weighted by Gasteiger charge is -2.17. The molecule has 0 spiro atoms. The van der Waals surface area contributed by atoms with Gasteiger partial charge in [-0.05, 0) is 25.0 Å². The van der Waals surface area contributed by atoms with Crippen molar-refractivity contribution in [1.29, 1.82) is 0 Å². The zero-order valence-electron chi connectivity index (χ0n) is 10.5. The van der Waals surface area contributed by atoms with Crippen LogP contribution in [0.4, 0.5) is 5.82 Å². The average molecular weight is 236 g/mol. The van der Waals surface area contributed by atoms with Gasteiger partial charge < -0.3 is 16.8 Å². The summed E-state index contributed by atoms with van der Waals surface area (Å²) >= 11 is 0. The van der Waals surface area contributed by atoms with E-state index in [9.17, 15) is 4.79 Å². The lowest BCUT2D eigenvalue weighted by Crippen LogP contribution is -2.34. The molecule has 1 rings (SSSR count). The van der Waals surface area contributed by atoms with Crippen LogP contribution in [-0.4, -0.2) is 23.5 Å². The van der Waals surface area contributed by atoms with Crippen molar-refractivity contribution >= 4 is 11.7 Å². The number of nitrogens with one attached hydrogen (secondary N) is 1. The number of pyridine rings is 1. The lowest BCUT2D eigenvalue weighted by molar-refractivity contribution is 0.100. The molecule has 0 radical (unpaired) electrons. The molecule has 94 valence electrons. The molecule has 1 aromatic heterocycles. The molecule has 0 saturated carbocycles. The summed E-state index contributed by atoms with van der Waals surface area (Å²) in [5.74, 6) is 0.385. The van der Waals surface area contributed by atoms with Crippen LogP contribution in [0.1, 0.15) is 29.9 Å². The highest BCUT2D eigenvalue weighted by Crippen LogP contribution is 2.13. The molecule has 1 heterocycles. The van der Waals surface area contributed by atoms with E-state index in [1.54, 1.807) is 12.1 Å². The molecular weight excluding hydrogens is 216 g/mol. The lowest BCUT2D eigenvalue weighted by atomic mass is 10.1. The van der Waals surface area contributed by atoms with Crippen molar-refractivity contribution in [2.75, 3.05) is 11.9 Å². The predicted molar refractivity (Wildman–Crippen MR) is 68.8 cm³/mol. The van der Waals surface area contributed by atoms with Crippen LogP contribution in [0, 0.1) is 12.8 Å². The maximum absolute atomic E-state index is 11.2. The Kier molecular flexibility index (Phi) is 4.45. The molecule has 5 heteroatoms. The average Bonchev–Trinajstić information content (AvgIpc) is 2.25. The standard InChI is InChI=1S/C12H20N4O/c1-7(2)10(13)6-15-12-9(11(14)17)5-4-8(3)16-12/h4-5,7,10H,6,13H2,1-3H3,(H2,14,17)(H,15,16). The molecule has 1 amide bonds. The van der Waals surface area contributed by atoms with E-state index >= 15 is 0 Å². The number of rotatable bonds is 5. The molecule has 0 aliphatic rings. The molecule has 0 aliphatic carbocycles. The SMILES string of the molecule is Cc1ccc(C(N)=O)c(NCC(N)C(C)C)n1. The number of hydrogen-bond acceptors (Lipinski definition) is 4. The number of aromatic nitrogens is 1. The van der Waals surface area contributed by atoms with E-state index in [1.807, 2.05) is 20.8 Å². The van der Waals surface area contributed by atoms with Crippen LogP contribution < -0.4 is 16.8 Å². The van der Waals surface area contributed by atoms with Gasteiger partial charge in [-0.2, -0.15) is 0 Å². The van der Waals surface area contributed by atoms with Gasteiger partial charge in [-0.1, -0.05) is 13.8 Å². The monoisotopic (exact) mass is 236 g/mol. The Hall–Kier alpha value is -1.62. The maximum atomic E-state index is 11.2. The smallest absolute Gasteiger partial charge is 0.252 e. The van der Waals surface area contributed by atoms with Gasteiger partial charge in [-0.25, -0.2) is 4.98 Å². The summed E-state index contributed by atoms with van der Waals surface area (Å²) in [6, 6.07) is 3.44. The number of anilines is 1. The first kappa shape index (κ1) is 13.4. The summed E-state index contributed by atoms with van der Waals surface area (Å²) < 4.78 is 0. The van der Waals surface area contributed by atoms with Crippen molar-refractivity contribution < 1.29 is 4.79 Å². The molecular formula is C12H20N4O. The van der Waals surface area contributed by atoms with Crippen LogP contribution in [0.25, 0.3) is 0 Å². The molecule has 5 nitrogen and oxygen atoms in total. The van der Waals surface area contributed by atoms with Crippen molar-refractivity contribution in [1.82, 2.24) is 4.98 Å². The van der Waals surface area contributed by atoms with Crippen LogP contribution in [0.2, 0.25) is 0 Å². The normalized spacial score (nSPS) is 12.5. The molecule has 0 saturated heterocycles. The predicted octanol–water partition coefficient (Wildman–Crippen LogP) is 0.884. The topological polar surface area (TPSA) is 94.0 Å². The third-order valence-electron chi connectivity index (χ3n) is 2.66. The van der Waals surface area contributed by atoms with Gasteiger partial charge in [0.1, 0.15) is 5.82 Å². The molecule has 1 atom stereocenters. The number of amides is 1. The summed E-state index contributed by atoms with van der Waals surface area (Å²) in [5, 5.41) is 3.08. The van der Waals surface area contributed by atoms with Crippen molar-refractivity contribution in [3.8, 4) is 0 Å². The van der Waals surface area contributed by atoms with Gasteiger partial charge in [0.15, 0.2) is 0 Å². The Labute approximate surface area is 102 Å². The Morgan fingerprint density at radius 1 is 1.47 bits per heavy atom. The van der Waals surface area contributed by atoms with Gasteiger partial charge in [-0.15, -0.1) is 0 Å².